The molecule has 0 bridgehead atoms. The smallest absolute Gasteiger partial charge is 0.235 e. The van der Waals surface area contributed by atoms with Gasteiger partial charge in [0.25, 0.3) is 0 Å². The van der Waals surface area contributed by atoms with Crippen LogP contribution in [-0.2, 0) is 10.0 Å². The number of likely N-dealkylation sites (N-methyl/N-ethyl adjacent to an activating group) is 1. The Labute approximate surface area is 212 Å². The summed E-state index contributed by atoms with van der Waals surface area (Å²) < 4.78 is 28.0. The SMILES string of the molecule is CCCCS(=O)(=O)N(CCN(CC)CC)c1ccc(C=C(c2ccccc2)c2ccccc2)cc1. The van der Waals surface area contributed by atoms with E-state index in [1.54, 1.807) is 4.31 Å². The van der Waals surface area contributed by atoms with Gasteiger partial charge >= 0.3 is 0 Å². The molecule has 0 saturated carbocycles. The quantitative estimate of drug-likeness (QED) is 0.255. The number of rotatable bonds is 13. The summed E-state index contributed by atoms with van der Waals surface area (Å²) in [6.07, 6.45) is 3.69. The fraction of sp³-hybridized carbons (Fsp3) is 0.333. The van der Waals surface area contributed by atoms with E-state index in [9.17, 15) is 8.42 Å². The monoisotopic (exact) mass is 490 g/mol. The molecule has 0 aliphatic rings. The molecule has 0 amide bonds. The number of anilines is 1. The lowest BCUT2D eigenvalue weighted by Crippen LogP contribution is -2.40. The van der Waals surface area contributed by atoms with Crippen molar-refractivity contribution in [3.8, 4) is 0 Å². The van der Waals surface area contributed by atoms with Crippen molar-refractivity contribution in [2.75, 3.05) is 36.2 Å². The lowest BCUT2D eigenvalue weighted by atomic mass is 9.96. The molecule has 3 aromatic carbocycles. The first kappa shape index (κ1) is 26.7. The van der Waals surface area contributed by atoms with Gasteiger partial charge in [-0.15, -0.1) is 0 Å². The van der Waals surface area contributed by atoms with Crippen molar-refractivity contribution in [1.29, 1.82) is 0 Å². The fourth-order valence-corrected chi connectivity index (χ4v) is 5.79. The number of hydrogen-bond acceptors (Lipinski definition) is 3. The van der Waals surface area contributed by atoms with Gasteiger partial charge in [0.1, 0.15) is 0 Å². The average molecular weight is 491 g/mol. The zero-order chi connectivity index (χ0) is 25.1. The maximum absolute atomic E-state index is 13.2. The lowest BCUT2D eigenvalue weighted by molar-refractivity contribution is 0.313. The third-order valence-corrected chi connectivity index (χ3v) is 8.14. The van der Waals surface area contributed by atoms with Gasteiger partial charge in [-0.25, -0.2) is 8.42 Å². The van der Waals surface area contributed by atoms with Crippen LogP contribution < -0.4 is 4.31 Å². The van der Waals surface area contributed by atoms with Gasteiger partial charge in [-0.05, 0) is 60.0 Å². The lowest BCUT2D eigenvalue weighted by Gasteiger charge is -2.28. The molecule has 3 rings (SSSR count). The van der Waals surface area contributed by atoms with Crippen LogP contribution >= 0.6 is 0 Å². The van der Waals surface area contributed by atoms with Crippen LogP contribution in [0, 0.1) is 0 Å². The molecular weight excluding hydrogens is 452 g/mol. The minimum Gasteiger partial charge on any atom is -0.302 e. The molecule has 5 heteroatoms. The van der Waals surface area contributed by atoms with E-state index in [0.29, 0.717) is 19.5 Å². The average Bonchev–Trinajstić information content (AvgIpc) is 2.90. The molecule has 3 aromatic rings. The molecular formula is C30H38N2O2S. The highest BCUT2D eigenvalue weighted by atomic mass is 32.2. The molecule has 0 saturated heterocycles. The largest absolute Gasteiger partial charge is 0.302 e. The molecule has 0 radical (unpaired) electrons. The molecule has 0 fully saturated rings. The first-order chi connectivity index (χ1) is 17.0. The second-order valence-corrected chi connectivity index (χ2v) is 10.7. The van der Waals surface area contributed by atoms with Crippen molar-refractivity contribution in [1.82, 2.24) is 4.90 Å². The van der Waals surface area contributed by atoms with Gasteiger partial charge in [0, 0.05) is 13.1 Å². The van der Waals surface area contributed by atoms with Gasteiger partial charge in [0.2, 0.25) is 10.0 Å². The maximum Gasteiger partial charge on any atom is 0.235 e. The predicted molar refractivity (Wildman–Crippen MR) is 150 cm³/mol. The van der Waals surface area contributed by atoms with Crippen LogP contribution in [0.4, 0.5) is 5.69 Å². The summed E-state index contributed by atoms with van der Waals surface area (Å²) in [5.41, 5.74) is 5.18. The molecule has 0 N–H and O–H groups in total. The summed E-state index contributed by atoms with van der Waals surface area (Å²) >= 11 is 0. The molecule has 0 unspecified atom stereocenters. The summed E-state index contributed by atoms with van der Waals surface area (Å²) in [5.74, 6) is 0.176. The fourth-order valence-electron chi connectivity index (χ4n) is 4.11. The van der Waals surface area contributed by atoms with Gasteiger partial charge in [-0.1, -0.05) is 100.0 Å². The Kier molecular flexibility index (Phi) is 10.1. The minimum atomic E-state index is -3.38. The van der Waals surface area contributed by atoms with Crippen molar-refractivity contribution in [2.45, 2.75) is 33.6 Å². The molecule has 0 heterocycles. The van der Waals surface area contributed by atoms with E-state index in [1.807, 2.05) is 67.6 Å². The number of unbranched alkanes of at least 4 members (excludes halogenated alkanes) is 1. The zero-order valence-electron chi connectivity index (χ0n) is 21.2. The zero-order valence-corrected chi connectivity index (χ0v) is 22.0. The Bertz CT molecular complexity index is 1110. The molecule has 4 nitrogen and oxygen atoms in total. The Balaban J connectivity index is 1.93. The molecule has 0 aliphatic carbocycles. The van der Waals surface area contributed by atoms with E-state index >= 15 is 0 Å². The Morgan fingerprint density at radius 1 is 0.743 bits per heavy atom. The first-order valence-electron chi connectivity index (χ1n) is 12.6. The van der Waals surface area contributed by atoms with Gasteiger partial charge in [0.05, 0.1) is 11.4 Å². The number of nitrogens with zero attached hydrogens (tertiary/aromatic N) is 2. The third-order valence-electron chi connectivity index (χ3n) is 6.27. The van der Waals surface area contributed by atoms with Crippen molar-refractivity contribution in [3.05, 3.63) is 102 Å². The number of benzene rings is 3. The molecule has 0 spiro atoms. The van der Waals surface area contributed by atoms with Crippen LogP contribution in [-0.4, -0.2) is 45.2 Å². The van der Waals surface area contributed by atoms with Crippen LogP contribution in [0.2, 0.25) is 0 Å². The van der Waals surface area contributed by atoms with Crippen molar-refractivity contribution >= 4 is 27.4 Å². The third kappa shape index (κ3) is 7.55. The van der Waals surface area contributed by atoms with Crippen LogP contribution in [0.3, 0.4) is 0 Å². The highest BCUT2D eigenvalue weighted by molar-refractivity contribution is 7.92. The van der Waals surface area contributed by atoms with Gasteiger partial charge < -0.3 is 4.90 Å². The first-order valence-corrected chi connectivity index (χ1v) is 14.2. The summed E-state index contributed by atoms with van der Waals surface area (Å²) in [5, 5.41) is 0. The molecule has 0 aliphatic heterocycles. The van der Waals surface area contributed by atoms with E-state index in [0.717, 1.165) is 47.5 Å². The summed E-state index contributed by atoms with van der Waals surface area (Å²) in [6.45, 7) is 9.23. The van der Waals surface area contributed by atoms with E-state index in [2.05, 4.69) is 49.1 Å². The summed E-state index contributed by atoms with van der Waals surface area (Å²) in [4.78, 5) is 2.26. The second kappa shape index (κ2) is 13.3. The Morgan fingerprint density at radius 2 is 1.29 bits per heavy atom. The maximum atomic E-state index is 13.2. The summed E-state index contributed by atoms with van der Waals surface area (Å²) in [6, 6.07) is 28.6. The van der Waals surface area contributed by atoms with E-state index in [-0.39, 0.29) is 5.75 Å². The molecule has 186 valence electrons. The molecule has 35 heavy (non-hydrogen) atoms. The topological polar surface area (TPSA) is 40.6 Å². The second-order valence-electron chi connectivity index (χ2n) is 8.65. The van der Waals surface area contributed by atoms with Crippen LogP contribution in [0.15, 0.2) is 84.9 Å². The highest BCUT2D eigenvalue weighted by Gasteiger charge is 2.22. The number of sulfonamides is 1. The van der Waals surface area contributed by atoms with Crippen molar-refractivity contribution < 1.29 is 8.42 Å². The van der Waals surface area contributed by atoms with Gasteiger partial charge in [-0.2, -0.15) is 0 Å². The van der Waals surface area contributed by atoms with E-state index in [4.69, 9.17) is 0 Å². The highest BCUT2D eigenvalue weighted by Crippen LogP contribution is 2.27. The van der Waals surface area contributed by atoms with Crippen molar-refractivity contribution in [3.63, 3.8) is 0 Å². The minimum absolute atomic E-state index is 0.176. The predicted octanol–water partition coefficient (Wildman–Crippen LogP) is 6.55. The molecule has 0 aromatic heterocycles. The van der Waals surface area contributed by atoms with Crippen LogP contribution in [0.25, 0.3) is 11.6 Å². The summed E-state index contributed by atoms with van der Waals surface area (Å²) in [7, 11) is -3.38. The number of hydrogen-bond donors (Lipinski definition) is 0. The Hall–Kier alpha value is -2.89. The van der Waals surface area contributed by atoms with Crippen LogP contribution in [0.5, 0.6) is 0 Å². The van der Waals surface area contributed by atoms with E-state index in [1.165, 1.54) is 0 Å². The van der Waals surface area contributed by atoms with E-state index < -0.39 is 10.0 Å². The van der Waals surface area contributed by atoms with Crippen molar-refractivity contribution in [2.24, 2.45) is 0 Å². The van der Waals surface area contributed by atoms with Crippen LogP contribution in [0.1, 0.15) is 50.3 Å². The Morgan fingerprint density at radius 3 is 1.77 bits per heavy atom. The standard InChI is InChI=1S/C30H38N2O2S/c1-4-7-24-35(33,34)32(23-22-31(5-2)6-3)29-20-18-26(19-21-29)25-30(27-14-10-8-11-15-27)28-16-12-9-13-17-28/h8-21,25H,4-7,22-24H2,1-3H3. The molecule has 0 atom stereocenters. The normalized spacial score (nSPS) is 11.4. The van der Waals surface area contributed by atoms with Gasteiger partial charge in [-0.3, -0.25) is 4.31 Å². The van der Waals surface area contributed by atoms with Gasteiger partial charge in [0.15, 0.2) is 0 Å².